The van der Waals surface area contributed by atoms with Crippen molar-refractivity contribution in [1.82, 2.24) is 9.97 Å². The van der Waals surface area contributed by atoms with Crippen LogP contribution in [0.5, 0.6) is 0 Å². The minimum atomic E-state index is -2.73. The first-order chi connectivity index (χ1) is 13.7. The number of H-pyrrole nitrogens is 1. The Kier molecular flexibility index (Phi) is 5.17. The molecule has 29 heavy (non-hydrogen) atoms. The van der Waals surface area contributed by atoms with E-state index in [4.69, 9.17) is 5.73 Å². The number of rotatable bonds is 3. The van der Waals surface area contributed by atoms with Gasteiger partial charge in [0.15, 0.2) is 5.43 Å². The number of pyridine rings is 2. The van der Waals surface area contributed by atoms with E-state index in [2.05, 4.69) is 16.9 Å². The number of carbonyl (C=O) groups excluding carboxylic acids is 1. The number of alkyl halides is 2. The lowest BCUT2D eigenvalue weighted by Gasteiger charge is -2.42. The van der Waals surface area contributed by atoms with Crippen molar-refractivity contribution in [3.63, 3.8) is 0 Å². The molecule has 2 saturated carbocycles. The van der Waals surface area contributed by atoms with E-state index in [0.717, 1.165) is 25.7 Å². The van der Waals surface area contributed by atoms with Gasteiger partial charge in [0.1, 0.15) is 5.69 Å². The van der Waals surface area contributed by atoms with Crippen molar-refractivity contribution < 1.29 is 13.6 Å². The number of nitrogens with one attached hydrogen (secondary N) is 1. The predicted octanol–water partition coefficient (Wildman–Crippen LogP) is 4.37. The number of carbonyl (C=O) groups is 1. The molecule has 2 aromatic rings. The van der Waals surface area contributed by atoms with Gasteiger partial charge in [-0.05, 0) is 43.1 Å². The topological polar surface area (TPSA) is 88.8 Å². The van der Waals surface area contributed by atoms with Gasteiger partial charge >= 0.3 is 0 Å². The number of hydrogen-bond donors (Lipinski definition) is 2. The van der Waals surface area contributed by atoms with Crippen LogP contribution in [0.3, 0.4) is 0 Å². The first-order valence-electron chi connectivity index (χ1n) is 10.4. The minimum Gasteiger partial charge on any atom is -0.364 e. The Labute approximate surface area is 168 Å². The Morgan fingerprint density at radius 1 is 1.24 bits per heavy atom. The lowest BCUT2D eigenvalue weighted by atomic mass is 9.65. The average Bonchev–Trinajstić information content (AvgIpc) is 2.67. The molecule has 3 N–H and O–H groups in total. The fraction of sp³-hybridized carbons (Fsp3) is 0.591. The van der Waals surface area contributed by atoms with Crippen molar-refractivity contribution in [2.75, 3.05) is 0 Å². The molecule has 4 rings (SSSR count). The van der Waals surface area contributed by atoms with E-state index in [1.54, 1.807) is 6.07 Å². The highest BCUT2D eigenvalue weighted by atomic mass is 19.3. The number of aromatic nitrogens is 2. The summed E-state index contributed by atoms with van der Waals surface area (Å²) in [5.41, 5.74) is 5.80. The third-order valence-corrected chi connectivity index (χ3v) is 6.94. The maximum absolute atomic E-state index is 14.4. The second kappa shape index (κ2) is 7.50. The van der Waals surface area contributed by atoms with Gasteiger partial charge in [0, 0.05) is 36.7 Å². The molecule has 2 heterocycles. The summed E-state index contributed by atoms with van der Waals surface area (Å²) < 4.78 is 28.7. The zero-order valence-electron chi connectivity index (χ0n) is 16.6. The summed E-state index contributed by atoms with van der Waals surface area (Å²) in [6.07, 6.45) is 5.91. The van der Waals surface area contributed by atoms with Crippen LogP contribution in [0.25, 0.3) is 10.9 Å². The van der Waals surface area contributed by atoms with E-state index >= 15 is 0 Å². The van der Waals surface area contributed by atoms with E-state index in [-0.39, 0.29) is 29.8 Å². The number of hydrogen-bond acceptors (Lipinski definition) is 3. The Balaban J connectivity index is 1.76. The summed E-state index contributed by atoms with van der Waals surface area (Å²) in [7, 11) is 0. The van der Waals surface area contributed by atoms with E-state index in [1.807, 2.05) is 0 Å². The molecule has 0 spiro atoms. The molecule has 0 aromatic carbocycles. The number of fused-ring (bicyclic) bond motifs is 1. The Hall–Kier alpha value is -2.31. The van der Waals surface area contributed by atoms with Crippen LogP contribution in [0.4, 0.5) is 8.78 Å². The van der Waals surface area contributed by atoms with Gasteiger partial charge in [0.25, 0.3) is 5.91 Å². The van der Waals surface area contributed by atoms with Crippen molar-refractivity contribution in [3.8, 4) is 0 Å². The molecule has 0 radical (unpaired) electrons. The van der Waals surface area contributed by atoms with Gasteiger partial charge < -0.3 is 10.7 Å². The van der Waals surface area contributed by atoms with Gasteiger partial charge in [0.2, 0.25) is 5.92 Å². The van der Waals surface area contributed by atoms with E-state index in [1.165, 1.54) is 12.3 Å². The Morgan fingerprint density at radius 3 is 2.66 bits per heavy atom. The highest BCUT2D eigenvalue weighted by Gasteiger charge is 2.45. The molecule has 2 unspecified atom stereocenters. The molecule has 2 atom stereocenters. The van der Waals surface area contributed by atoms with Crippen LogP contribution in [0.15, 0.2) is 23.1 Å². The molecular weight excluding hydrogens is 376 g/mol. The van der Waals surface area contributed by atoms with Crippen molar-refractivity contribution in [3.05, 3.63) is 39.9 Å². The number of aromatic amines is 1. The van der Waals surface area contributed by atoms with E-state index < -0.39 is 23.2 Å². The Bertz CT molecular complexity index is 980. The van der Waals surface area contributed by atoms with Gasteiger partial charge in [-0.1, -0.05) is 19.8 Å². The van der Waals surface area contributed by atoms with Crippen molar-refractivity contribution in [1.29, 1.82) is 0 Å². The molecule has 1 amide bonds. The molecule has 2 aliphatic rings. The fourth-order valence-electron chi connectivity index (χ4n) is 5.38. The first-order valence-corrected chi connectivity index (χ1v) is 10.4. The summed E-state index contributed by atoms with van der Waals surface area (Å²) in [6, 6.07) is 2.96. The third-order valence-electron chi connectivity index (χ3n) is 6.94. The lowest BCUT2D eigenvalue weighted by molar-refractivity contribution is -0.0656. The van der Waals surface area contributed by atoms with Crippen molar-refractivity contribution in [2.24, 2.45) is 23.5 Å². The quantitative estimate of drug-likeness (QED) is 0.798. The number of halogens is 2. The fourth-order valence-corrected chi connectivity index (χ4v) is 5.38. The number of nitrogens with two attached hydrogens (primary N) is 1. The normalized spacial score (nSPS) is 29.6. The second-order valence-corrected chi connectivity index (χ2v) is 8.92. The lowest BCUT2D eigenvalue weighted by Crippen LogP contribution is -2.36. The van der Waals surface area contributed by atoms with Crippen LogP contribution in [0, 0.1) is 17.8 Å². The molecular formula is C22H27F2N3O2. The van der Waals surface area contributed by atoms with Gasteiger partial charge in [-0.15, -0.1) is 0 Å². The predicted molar refractivity (Wildman–Crippen MR) is 107 cm³/mol. The molecule has 2 aromatic heterocycles. The van der Waals surface area contributed by atoms with Crippen LogP contribution < -0.4 is 11.2 Å². The molecule has 2 fully saturated rings. The largest absolute Gasteiger partial charge is 0.364 e. The van der Waals surface area contributed by atoms with Crippen LogP contribution in [-0.2, 0) is 0 Å². The van der Waals surface area contributed by atoms with Crippen LogP contribution >= 0.6 is 0 Å². The number of amides is 1. The standard InChI is InChI=1S/C22H27F2N3O2/c1-12-2-4-13(5-3-12)14-6-8-22(23,24)11-15(14)17-10-18(28)19-16(27-17)7-9-26-20(19)21(25)29/h7,9-10,12-15H,2-6,8,11H2,1H3,(H2,25,29)(H,27,28). The first kappa shape index (κ1) is 20.0. The average molecular weight is 403 g/mol. The van der Waals surface area contributed by atoms with E-state index in [9.17, 15) is 18.4 Å². The molecule has 5 nitrogen and oxygen atoms in total. The summed E-state index contributed by atoms with van der Waals surface area (Å²) in [6.45, 7) is 2.24. The molecule has 0 saturated heterocycles. The van der Waals surface area contributed by atoms with Crippen molar-refractivity contribution >= 4 is 16.8 Å². The molecule has 7 heteroatoms. The maximum atomic E-state index is 14.4. The molecule has 0 aliphatic heterocycles. The van der Waals surface area contributed by atoms with Crippen LogP contribution in [-0.4, -0.2) is 21.8 Å². The monoisotopic (exact) mass is 403 g/mol. The Morgan fingerprint density at radius 2 is 1.97 bits per heavy atom. The second-order valence-electron chi connectivity index (χ2n) is 8.92. The molecule has 0 bridgehead atoms. The third kappa shape index (κ3) is 3.91. The zero-order valence-corrected chi connectivity index (χ0v) is 16.6. The van der Waals surface area contributed by atoms with Gasteiger partial charge in [0.05, 0.1) is 10.9 Å². The smallest absolute Gasteiger partial charge is 0.268 e. The number of primary amides is 1. The summed E-state index contributed by atoms with van der Waals surface area (Å²) >= 11 is 0. The van der Waals surface area contributed by atoms with Crippen LogP contribution in [0.1, 0.15) is 74.0 Å². The van der Waals surface area contributed by atoms with Crippen LogP contribution in [0.2, 0.25) is 0 Å². The van der Waals surface area contributed by atoms with Gasteiger partial charge in [-0.3, -0.25) is 14.6 Å². The highest BCUT2D eigenvalue weighted by molar-refractivity contribution is 6.03. The summed E-state index contributed by atoms with van der Waals surface area (Å²) in [4.78, 5) is 31.5. The van der Waals surface area contributed by atoms with Gasteiger partial charge in [-0.2, -0.15) is 0 Å². The SMILES string of the molecule is CC1CCC(C2CCC(F)(F)CC2c2cc(=O)c3c(C(N)=O)nccc3[nH]2)CC1. The summed E-state index contributed by atoms with van der Waals surface area (Å²) in [5.74, 6) is -2.69. The molecule has 2 aliphatic carbocycles. The summed E-state index contributed by atoms with van der Waals surface area (Å²) in [5, 5.41) is 0.120. The maximum Gasteiger partial charge on any atom is 0.268 e. The molecule has 156 valence electrons. The highest BCUT2D eigenvalue weighted by Crippen LogP contribution is 2.50. The van der Waals surface area contributed by atoms with Crippen molar-refractivity contribution in [2.45, 2.75) is 63.7 Å². The zero-order chi connectivity index (χ0) is 20.8. The minimum absolute atomic E-state index is 0.0895. The number of nitrogens with zero attached hydrogens (tertiary/aromatic N) is 1. The van der Waals surface area contributed by atoms with Gasteiger partial charge in [-0.25, -0.2) is 8.78 Å². The van der Waals surface area contributed by atoms with E-state index in [0.29, 0.717) is 29.5 Å².